The highest BCUT2D eigenvalue weighted by Crippen LogP contribution is 2.45. The molecule has 19 heteroatoms. The Hall–Kier alpha value is -4.54. The van der Waals surface area contributed by atoms with Crippen molar-refractivity contribution in [2.45, 2.75) is 354 Å². The molecule has 0 rings (SSSR count). The zero-order valence-electron chi connectivity index (χ0n) is 65.4. The molecule has 0 aromatic heterocycles. The highest BCUT2D eigenvalue weighted by atomic mass is 31.2. The van der Waals surface area contributed by atoms with Gasteiger partial charge in [-0.25, -0.2) is 9.13 Å². The number of aliphatic hydroxyl groups excluding tert-OH is 1. The van der Waals surface area contributed by atoms with Gasteiger partial charge in [0.05, 0.1) is 26.4 Å². The number of carbonyl (C=O) groups excluding carboxylic acids is 4. The summed E-state index contributed by atoms with van der Waals surface area (Å²) in [6.45, 7) is 4.58. The molecular weight excluding hydrogens is 1350 g/mol. The lowest BCUT2D eigenvalue weighted by Gasteiger charge is -2.21. The lowest BCUT2D eigenvalue weighted by atomic mass is 10.0. The number of esters is 4. The van der Waals surface area contributed by atoms with E-state index in [1.54, 1.807) is 0 Å². The molecule has 0 aliphatic rings. The second-order valence-electron chi connectivity index (χ2n) is 27.0. The lowest BCUT2D eigenvalue weighted by Crippen LogP contribution is -2.30. The Bertz CT molecular complexity index is 2440. The van der Waals surface area contributed by atoms with Crippen molar-refractivity contribution in [1.29, 1.82) is 0 Å². The number of phosphoric acid groups is 2. The van der Waals surface area contributed by atoms with Crippen molar-refractivity contribution in [1.82, 2.24) is 0 Å². The molecule has 0 bridgehead atoms. The van der Waals surface area contributed by atoms with E-state index in [-0.39, 0.29) is 25.7 Å². The predicted octanol–water partition coefficient (Wildman–Crippen LogP) is 23.9. The molecule has 0 aromatic carbocycles. The van der Waals surface area contributed by atoms with Gasteiger partial charge in [-0.05, 0) is 128 Å². The second kappa shape index (κ2) is 76.6. The molecule has 104 heavy (non-hydrogen) atoms. The third-order valence-corrected chi connectivity index (χ3v) is 18.8. The third-order valence-electron chi connectivity index (χ3n) is 16.9. The summed E-state index contributed by atoms with van der Waals surface area (Å²) in [6, 6.07) is 0. The molecule has 0 heterocycles. The molecule has 0 fully saturated rings. The molecule has 17 nitrogen and oxygen atoms in total. The minimum absolute atomic E-state index is 0.0771. The molecule has 0 saturated heterocycles. The van der Waals surface area contributed by atoms with Crippen molar-refractivity contribution in [3.8, 4) is 0 Å². The monoisotopic (exact) mass is 1500 g/mol. The Labute approximate surface area is 632 Å². The molecule has 0 aliphatic carbocycles. The summed E-state index contributed by atoms with van der Waals surface area (Å²) < 4.78 is 68.6. The van der Waals surface area contributed by atoms with E-state index in [1.165, 1.54) is 103 Å². The minimum atomic E-state index is -4.99. The molecular formula is C85H146O17P2. The van der Waals surface area contributed by atoms with Crippen LogP contribution in [0.1, 0.15) is 336 Å². The second-order valence-corrected chi connectivity index (χ2v) is 29.9. The van der Waals surface area contributed by atoms with Crippen LogP contribution in [0.15, 0.2) is 122 Å². The van der Waals surface area contributed by atoms with E-state index in [1.807, 2.05) is 12.2 Å². The molecule has 0 aliphatic heterocycles. The first-order chi connectivity index (χ1) is 50.7. The van der Waals surface area contributed by atoms with Gasteiger partial charge < -0.3 is 33.8 Å². The van der Waals surface area contributed by atoms with Gasteiger partial charge in [0.1, 0.15) is 19.3 Å². The predicted molar refractivity (Wildman–Crippen MR) is 427 cm³/mol. The average Bonchev–Trinajstić information content (AvgIpc) is 0.937. The summed E-state index contributed by atoms with van der Waals surface area (Å²) in [6.07, 6.45) is 84.6. The summed E-state index contributed by atoms with van der Waals surface area (Å²) in [7, 11) is -9.98. The Kier molecular flexibility index (Phi) is 73.3. The zero-order valence-corrected chi connectivity index (χ0v) is 67.2. The van der Waals surface area contributed by atoms with Crippen LogP contribution in [0.3, 0.4) is 0 Å². The van der Waals surface area contributed by atoms with Crippen LogP contribution in [-0.4, -0.2) is 96.7 Å². The molecule has 0 spiro atoms. The van der Waals surface area contributed by atoms with E-state index in [9.17, 15) is 43.2 Å². The van der Waals surface area contributed by atoms with Crippen molar-refractivity contribution in [2.75, 3.05) is 39.6 Å². The van der Waals surface area contributed by atoms with Crippen LogP contribution in [0.4, 0.5) is 0 Å². The maximum atomic E-state index is 13.1. The molecule has 0 radical (unpaired) electrons. The average molecular weight is 1500 g/mol. The Morgan fingerprint density at radius 2 is 0.510 bits per heavy atom. The largest absolute Gasteiger partial charge is 0.472 e. The van der Waals surface area contributed by atoms with Gasteiger partial charge in [0.15, 0.2) is 12.2 Å². The first-order valence-electron chi connectivity index (χ1n) is 40.8. The van der Waals surface area contributed by atoms with Crippen LogP contribution in [0.5, 0.6) is 0 Å². The number of unbranched alkanes of at least 4 members (excludes halogenated alkanes) is 30. The summed E-state index contributed by atoms with van der Waals surface area (Å²) >= 11 is 0. The van der Waals surface area contributed by atoms with E-state index >= 15 is 0 Å². The fraction of sp³-hybridized carbons (Fsp3) is 0.718. The van der Waals surface area contributed by atoms with Crippen LogP contribution in [0.2, 0.25) is 0 Å². The van der Waals surface area contributed by atoms with Crippen molar-refractivity contribution in [3.05, 3.63) is 122 Å². The number of phosphoric ester groups is 2. The highest BCUT2D eigenvalue weighted by molar-refractivity contribution is 7.47. The molecule has 0 saturated carbocycles. The number of ether oxygens (including phenoxy) is 4. The van der Waals surface area contributed by atoms with Crippen LogP contribution >= 0.6 is 15.6 Å². The summed E-state index contributed by atoms with van der Waals surface area (Å²) in [5, 5.41) is 10.6. The van der Waals surface area contributed by atoms with Crippen LogP contribution in [0, 0.1) is 0 Å². The highest BCUT2D eigenvalue weighted by Gasteiger charge is 2.30. The van der Waals surface area contributed by atoms with Gasteiger partial charge in [-0.1, -0.05) is 303 Å². The first-order valence-corrected chi connectivity index (χ1v) is 43.8. The topological polar surface area (TPSA) is 237 Å². The van der Waals surface area contributed by atoms with Gasteiger partial charge in [0.2, 0.25) is 0 Å². The molecule has 0 amide bonds. The number of carbonyl (C=O) groups is 4. The maximum Gasteiger partial charge on any atom is 0.472 e. The van der Waals surface area contributed by atoms with Gasteiger partial charge in [-0.3, -0.25) is 37.3 Å². The van der Waals surface area contributed by atoms with Crippen LogP contribution < -0.4 is 0 Å². The number of hydrogen-bond acceptors (Lipinski definition) is 15. The van der Waals surface area contributed by atoms with Gasteiger partial charge >= 0.3 is 39.5 Å². The number of allylic oxidation sites excluding steroid dienone is 20. The van der Waals surface area contributed by atoms with E-state index in [0.717, 1.165) is 148 Å². The fourth-order valence-corrected chi connectivity index (χ4v) is 12.4. The number of hydrogen-bond donors (Lipinski definition) is 3. The summed E-state index contributed by atoms with van der Waals surface area (Å²) in [4.78, 5) is 73.1. The first kappa shape index (κ1) is 99.5. The smallest absolute Gasteiger partial charge is 0.462 e. The Balaban J connectivity index is 5.43. The van der Waals surface area contributed by atoms with E-state index < -0.39 is 97.5 Å². The van der Waals surface area contributed by atoms with Crippen molar-refractivity contribution < 1.29 is 80.2 Å². The van der Waals surface area contributed by atoms with E-state index in [0.29, 0.717) is 32.1 Å². The van der Waals surface area contributed by atoms with E-state index in [2.05, 4.69) is 137 Å². The lowest BCUT2D eigenvalue weighted by molar-refractivity contribution is -0.161. The van der Waals surface area contributed by atoms with Gasteiger partial charge in [-0.15, -0.1) is 0 Å². The number of rotatable bonds is 76. The zero-order chi connectivity index (χ0) is 76.0. The maximum absolute atomic E-state index is 13.1. The molecule has 598 valence electrons. The van der Waals surface area contributed by atoms with Gasteiger partial charge in [0, 0.05) is 25.7 Å². The summed E-state index contributed by atoms with van der Waals surface area (Å²) in [5.41, 5.74) is 0. The minimum Gasteiger partial charge on any atom is -0.462 e. The SMILES string of the molecule is CC/C=C\C/C=C\C/C=C\C/C=C\C/C=C\CCCC(=O)OCC(COP(=O)(O)OCC(O)COP(=O)(O)OCC(COC(=O)CCCCCC/C=C\C/C=C\C/C=C\C/C=C\CC)OC(=O)CCCCCCC/C=C\CCCCCCCC)OC(=O)CCCCCCCCCCCCCCCCC. The van der Waals surface area contributed by atoms with Crippen molar-refractivity contribution in [2.24, 2.45) is 0 Å². The van der Waals surface area contributed by atoms with Crippen LogP contribution in [0.25, 0.3) is 0 Å². The van der Waals surface area contributed by atoms with Crippen LogP contribution in [-0.2, 0) is 65.4 Å². The normalized spacial score (nSPS) is 14.5. The summed E-state index contributed by atoms with van der Waals surface area (Å²) in [5.74, 6) is -2.27. The van der Waals surface area contributed by atoms with Crippen molar-refractivity contribution in [3.63, 3.8) is 0 Å². The van der Waals surface area contributed by atoms with Crippen molar-refractivity contribution >= 4 is 39.5 Å². The molecule has 5 atom stereocenters. The molecule has 3 N–H and O–H groups in total. The number of aliphatic hydroxyl groups is 1. The molecule has 0 aromatic rings. The van der Waals surface area contributed by atoms with E-state index in [4.69, 9.17) is 37.0 Å². The Morgan fingerprint density at radius 3 is 0.817 bits per heavy atom. The fourth-order valence-electron chi connectivity index (χ4n) is 10.8. The third kappa shape index (κ3) is 75.7. The van der Waals surface area contributed by atoms with Gasteiger partial charge in [-0.2, -0.15) is 0 Å². The Morgan fingerprint density at radius 1 is 0.279 bits per heavy atom. The quantitative estimate of drug-likeness (QED) is 0.0169. The standard InChI is InChI=1S/C85H146O17P2/c1-5-9-13-17-21-25-29-33-37-39-43-45-49-53-57-61-65-69-82(87)95-75-80(101-84(89)71-67-63-59-55-51-47-41-35-31-27-23-19-15-11-7-3)77-99-103(91,92)97-73-79(86)74-98-104(93,94)100-78-81(102-85(90)72-68-64-60-56-52-48-42-36-32-28-24-20-16-12-8-4)76-96-83(88)70-66-62-58-54-50-46-44-40-38-34-30-26-22-18-14-10-6-2/h9-10,13-14,21-22,25-26,33-35,37-38,41,43-46,54,58,79-81,86H,5-8,11-12,15-20,23-24,27-32,36,39-40,42,47-53,55-57,59-78H2,1-4H3,(H,91,92)(H,93,94)/b13-9-,14-10-,25-21-,26-22-,37-33-,38-34-,41-35-,45-43-,46-44-,58-54-. The molecule has 5 unspecified atom stereocenters. The van der Waals surface area contributed by atoms with Gasteiger partial charge in [0.25, 0.3) is 0 Å².